The van der Waals surface area contributed by atoms with Crippen molar-refractivity contribution >= 4 is 73.0 Å². The highest BCUT2D eigenvalue weighted by Gasteiger charge is 2.34. The van der Waals surface area contributed by atoms with E-state index in [1.54, 1.807) is 25.7 Å². The standard InChI is InChI=1S/C12H24N2O2.C12H21NO2.C11H22O3.C8H15BrO.C3H9BrSi/c1-4-6-10(7-9(3)15)8-14-11(5-2)12(13)16;1-4-6-10-7-12(15)13(8-10)11(5-2)9(3)14;1-5-6-9(8-12)7-10(13)14-11(2,3)4;1-3-4-8(6-9)5-7(2)10;1-5(2,3)4/h10-11,14H,4-8H2,1-3H3,(H2,13,16);10-11H,4-8H2,1-3H3;9,12H,5-8H2,1-4H3;8H,3-6H2,1-2H3;1-3H3/t2*10-,11+;9-;8-;/m1111./s1. The van der Waals surface area contributed by atoms with Crippen molar-refractivity contribution in [1.82, 2.24) is 10.2 Å². The number of aliphatic hydroxyl groups excluding tert-OH is 1. The molecule has 0 saturated carbocycles. The molecule has 6 atom stereocenters. The monoisotopic (exact) mass is 999 g/mol. The third kappa shape index (κ3) is 41.8. The van der Waals surface area contributed by atoms with E-state index in [0.717, 1.165) is 69.7 Å². The van der Waals surface area contributed by atoms with E-state index in [0.29, 0.717) is 55.8 Å². The fourth-order valence-electron chi connectivity index (χ4n) is 6.62. The second kappa shape index (κ2) is 38.0. The lowest BCUT2D eigenvalue weighted by atomic mass is 9.97. The molecule has 1 aliphatic rings. The molecule has 0 aromatic rings. The third-order valence-corrected chi connectivity index (χ3v) is 10.1. The zero-order valence-corrected chi connectivity index (χ0v) is 44.9. The number of halogens is 2. The molecule has 1 heterocycles. The van der Waals surface area contributed by atoms with Crippen LogP contribution in [-0.2, 0) is 33.5 Å². The van der Waals surface area contributed by atoms with E-state index in [1.165, 1.54) is 6.42 Å². The minimum Gasteiger partial charge on any atom is -0.460 e. The van der Waals surface area contributed by atoms with Crippen LogP contribution in [0.3, 0.4) is 0 Å². The number of nitrogens with zero attached hydrogens (tertiary/aromatic N) is 1. The molecule has 4 N–H and O–H groups in total. The Labute approximate surface area is 384 Å². The number of carbonyl (C=O) groups excluding carboxylic acids is 6. The van der Waals surface area contributed by atoms with Gasteiger partial charge in [-0.2, -0.15) is 0 Å². The number of ketones is 3. The summed E-state index contributed by atoms with van der Waals surface area (Å²) in [4.78, 5) is 69.0. The summed E-state index contributed by atoms with van der Waals surface area (Å²) in [5.74, 6) is 1.64. The molecule has 0 aromatic carbocycles. The van der Waals surface area contributed by atoms with Crippen LogP contribution in [0.5, 0.6) is 0 Å². The SMILES string of the molecule is CCC[C@@H](CBr)CC(C)=O.CCC[C@@H](CN[C@@H](CC)C(N)=O)CC(C)=O.CCC[C@@H](CO)CC(=O)OC(C)(C)C.CCC[C@@H]1CC(=O)N([C@@H](CC)C(C)=O)C1.C[Si](C)(C)Br. The summed E-state index contributed by atoms with van der Waals surface area (Å²) in [7, 11) is 0. The summed E-state index contributed by atoms with van der Waals surface area (Å²) in [5, 5.41) is 13.1. The molecule has 1 rings (SSSR count). The Balaban J connectivity index is -0.000000339. The van der Waals surface area contributed by atoms with Gasteiger partial charge < -0.3 is 35.4 Å². The van der Waals surface area contributed by atoms with Gasteiger partial charge in [-0.25, -0.2) is 0 Å². The number of likely N-dealkylation sites (tertiary alicyclic amines) is 1. The second-order valence-electron chi connectivity index (χ2n) is 18.2. The summed E-state index contributed by atoms with van der Waals surface area (Å²) >= 11 is 6.91. The number of rotatable bonds is 24. The van der Waals surface area contributed by atoms with Crippen molar-refractivity contribution < 1.29 is 38.6 Å². The highest BCUT2D eigenvalue weighted by Crippen LogP contribution is 2.25. The predicted molar refractivity (Wildman–Crippen MR) is 260 cm³/mol. The van der Waals surface area contributed by atoms with E-state index < -0.39 is 12.3 Å². The van der Waals surface area contributed by atoms with Gasteiger partial charge >= 0.3 is 5.97 Å². The van der Waals surface area contributed by atoms with Crippen molar-refractivity contribution in [3.63, 3.8) is 0 Å². The molecule has 356 valence electrons. The molecule has 0 unspecified atom stereocenters. The van der Waals surface area contributed by atoms with E-state index in [9.17, 15) is 28.8 Å². The summed E-state index contributed by atoms with van der Waals surface area (Å²) in [5.41, 5.74) is 4.81. The molecule has 1 aliphatic heterocycles. The first kappa shape index (κ1) is 65.1. The number of ether oxygens (including phenoxy) is 1. The Bertz CT molecular complexity index is 1170. The average Bonchev–Trinajstić information content (AvgIpc) is 3.46. The zero-order chi connectivity index (χ0) is 47.6. The van der Waals surface area contributed by atoms with Gasteiger partial charge in [0.15, 0.2) is 5.78 Å². The number of carbonyl (C=O) groups is 6. The number of nitrogens with one attached hydrogen (secondary N) is 1. The Morgan fingerprint density at radius 1 is 0.833 bits per heavy atom. The largest absolute Gasteiger partial charge is 0.460 e. The maximum absolute atomic E-state index is 11.7. The van der Waals surface area contributed by atoms with Gasteiger partial charge in [0.2, 0.25) is 11.8 Å². The summed E-state index contributed by atoms with van der Waals surface area (Å²) in [6.07, 6.45) is 12.1. The molecular formula is C46H91Br2N3O8Si. The number of hydrogen-bond donors (Lipinski definition) is 3. The van der Waals surface area contributed by atoms with Crippen LogP contribution in [0.15, 0.2) is 0 Å². The van der Waals surface area contributed by atoms with Crippen molar-refractivity contribution in [2.45, 2.75) is 210 Å². The number of esters is 1. The first-order valence-corrected chi connectivity index (χ1v) is 29.5. The van der Waals surface area contributed by atoms with Gasteiger partial charge in [0.25, 0.3) is 0 Å². The number of nitrogens with two attached hydrogens (primary N) is 1. The van der Waals surface area contributed by atoms with E-state index >= 15 is 0 Å². The van der Waals surface area contributed by atoms with E-state index in [-0.39, 0.29) is 54.0 Å². The van der Waals surface area contributed by atoms with Crippen LogP contribution in [0.25, 0.3) is 0 Å². The Morgan fingerprint density at radius 3 is 1.65 bits per heavy atom. The maximum Gasteiger partial charge on any atom is 0.306 e. The van der Waals surface area contributed by atoms with Crippen LogP contribution < -0.4 is 11.1 Å². The number of alkyl halides is 1. The number of hydrogen-bond acceptors (Lipinski definition) is 9. The third-order valence-electron chi connectivity index (χ3n) is 9.17. The van der Waals surface area contributed by atoms with Crippen molar-refractivity contribution in [2.75, 3.05) is 25.0 Å². The fourth-order valence-corrected chi connectivity index (χ4v) is 7.17. The minimum absolute atomic E-state index is 0.0508. The lowest BCUT2D eigenvalue weighted by Crippen LogP contribution is -2.43. The van der Waals surface area contributed by atoms with Gasteiger partial charge in [0.1, 0.15) is 23.9 Å². The van der Waals surface area contributed by atoms with Gasteiger partial charge in [0, 0.05) is 37.7 Å². The molecule has 0 bridgehead atoms. The molecule has 0 aromatic heterocycles. The smallest absolute Gasteiger partial charge is 0.306 e. The van der Waals surface area contributed by atoms with Crippen LogP contribution in [0, 0.1) is 23.7 Å². The van der Waals surface area contributed by atoms with Crippen molar-refractivity contribution in [1.29, 1.82) is 0 Å². The zero-order valence-electron chi connectivity index (χ0n) is 40.8. The van der Waals surface area contributed by atoms with Gasteiger partial charge in [-0.05, 0) is 110 Å². The first-order valence-electron chi connectivity index (χ1n) is 22.6. The normalized spacial score (nSPS) is 16.1. The summed E-state index contributed by atoms with van der Waals surface area (Å²) in [6, 6.07) is -0.453. The maximum atomic E-state index is 11.7. The Hall–Kier alpha value is -1.48. The van der Waals surface area contributed by atoms with Crippen molar-refractivity contribution in [2.24, 2.45) is 29.4 Å². The molecule has 1 saturated heterocycles. The summed E-state index contributed by atoms with van der Waals surface area (Å²) in [6.45, 7) is 30.1. The summed E-state index contributed by atoms with van der Waals surface area (Å²) < 4.78 is 5.17. The van der Waals surface area contributed by atoms with Crippen LogP contribution in [0.2, 0.25) is 19.6 Å². The minimum atomic E-state index is -0.799. The quantitative estimate of drug-likeness (QED) is 0.0368. The number of aliphatic hydroxyl groups is 1. The van der Waals surface area contributed by atoms with Crippen LogP contribution in [0.4, 0.5) is 0 Å². The molecule has 14 heteroatoms. The molecular weight excluding hydrogens is 910 g/mol. The number of amides is 2. The first-order chi connectivity index (χ1) is 27.7. The lowest BCUT2D eigenvalue weighted by Gasteiger charge is -2.24. The molecule has 0 radical (unpaired) electrons. The van der Waals surface area contributed by atoms with Gasteiger partial charge in [0.05, 0.1) is 18.5 Å². The molecule has 1 fully saturated rings. The number of primary amides is 1. The van der Waals surface area contributed by atoms with E-state index in [1.807, 2.05) is 41.5 Å². The molecule has 11 nitrogen and oxygen atoms in total. The lowest BCUT2D eigenvalue weighted by molar-refractivity contribution is -0.156. The second-order valence-corrected chi connectivity index (χ2v) is 30.1. The van der Waals surface area contributed by atoms with Crippen molar-refractivity contribution in [3.05, 3.63) is 0 Å². The fraction of sp³-hybridized carbons (Fsp3) is 0.870. The van der Waals surface area contributed by atoms with Crippen molar-refractivity contribution in [3.8, 4) is 0 Å². The van der Waals surface area contributed by atoms with E-state index in [2.05, 4.69) is 77.0 Å². The van der Waals surface area contributed by atoms with Gasteiger partial charge in [-0.1, -0.05) is 103 Å². The topological polar surface area (TPSA) is 173 Å². The molecule has 0 aliphatic carbocycles. The van der Waals surface area contributed by atoms with Crippen LogP contribution in [0.1, 0.15) is 173 Å². The van der Waals surface area contributed by atoms with Gasteiger partial charge in [-0.15, -0.1) is 15.3 Å². The molecule has 0 spiro atoms. The van der Waals surface area contributed by atoms with Gasteiger partial charge in [-0.3, -0.25) is 19.2 Å². The number of Topliss-reactive ketones (excluding diaryl/α,β-unsaturated/α-hetero) is 3. The van der Waals surface area contributed by atoms with Crippen LogP contribution >= 0.6 is 31.2 Å². The Morgan fingerprint density at radius 2 is 1.30 bits per heavy atom. The van der Waals surface area contributed by atoms with Crippen LogP contribution in [-0.4, -0.2) is 94.5 Å². The Kier molecular flexibility index (Phi) is 41.3. The average molecular weight is 1000 g/mol. The van der Waals surface area contributed by atoms with E-state index in [4.69, 9.17) is 15.6 Å². The highest BCUT2D eigenvalue weighted by molar-refractivity contribution is 9.26. The molecule has 60 heavy (non-hydrogen) atoms. The highest BCUT2D eigenvalue weighted by atomic mass is 79.9. The molecule has 2 amide bonds. The predicted octanol–water partition coefficient (Wildman–Crippen LogP) is 10.4.